The SMILES string of the molecule is Cc1nccn1-c1ccc(NS(=O)(=O)c2cccc(C#N)c2)cn1. The second-order valence-electron chi connectivity index (χ2n) is 4.99. The van der Waals surface area contributed by atoms with E-state index in [2.05, 4.69) is 14.7 Å². The Morgan fingerprint density at radius 2 is 2.04 bits per heavy atom. The fourth-order valence-electron chi connectivity index (χ4n) is 2.16. The fraction of sp³-hybridized carbons (Fsp3) is 0.0625. The van der Waals surface area contributed by atoms with Crippen LogP contribution in [0.2, 0.25) is 0 Å². The number of nitriles is 1. The van der Waals surface area contributed by atoms with Crippen molar-refractivity contribution in [2.45, 2.75) is 11.8 Å². The summed E-state index contributed by atoms with van der Waals surface area (Å²) < 4.78 is 29.0. The Morgan fingerprint density at radius 1 is 1.21 bits per heavy atom. The molecule has 0 spiro atoms. The first kappa shape index (κ1) is 15.7. The van der Waals surface area contributed by atoms with Crippen molar-refractivity contribution in [3.8, 4) is 11.9 Å². The van der Waals surface area contributed by atoms with E-state index in [0.717, 1.165) is 5.82 Å². The molecule has 7 nitrogen and oxygen atoms in total. The van der Waals surface area contributed by atoms with Gasteiger partial charge in [-0.3, -0.25) is 9.29 Å². The quantitative estimate of drug-likeness (QED) is 0.785. The molecular formula is C16H13N5O2S. The van der Waals surface area contributed by atoms with Gasteiger partial charge in [0.2, 0.25) is 0 Å². The molecule has 8 heteroatoms. The number of nitrogens with zero attached hydrogens (tertiary/aromatic N) is 4. The summed E-state index contributed by atoms with van der Waals surface area (Å²) in [6, 6.07) is 11.0. The number of imidazole rings is 1. The minimum absolute atomic E-state index is 0.0241. The van der Waals surface area contributed by atoms with Crippen LogP contribution in [0.25, 0.3) is 5.82 Å². The van der Waals surface area contributed by atoms with Crippen molar-refractivity contribution in [1.29, 1.82) is 5.26 Å². The molecule has 0 unspecified atom stereocenters. The van der Waals surface area contributed by atoms with Gasteiger partial charge < -0.3 is 0 Å². The number of hydrogen-bond donors (Lipinski definition) is 1. The molecule has 120 valence electrons. The summed E-state index contributed by atoms with van der Waals surface area (Å²) in [5, 5.41) is 8.88. The monoisotopic (exact) mass is 339 g/mol. The Hall–Kier alpha value is -3.18. The topological polar surface area (TPSA) is 101 Å². The lowest BCUT2D eigenvalue weighted by Gasteiger charge is -2.09. The number of pyridine rings is 1. The summed E-state index contributed by atoms with van der Waals surface area (Å²) in [5.74, 6) is 1.42. The highest BCUT2D eigenvalue weighted by Gasteiger charge is 2.15. The van der Waals surface area contributed by atoms with Crippen molar-refractivity contribution in [1.82, 2.24) is 14.5 Å². The van der Waals surface area contributed by atoms with Crippen molar-refractivity contribution in [2.24, 2.45) is 0 Å². The van der Waals surface area contributed by atoms with Gasteiger partial charge in [-0.25, -0.2) is 18.4 Å². The third-order valence-corrected chi connectivity index (χ3v) is 4.73. The summed E-state index contributed by atoms with van der Waals surface area (Å²) in [5.41, 5.74) is 0.612. The Balaban J connectivity index is 1.85. The summed E-state index contributed by atoms with van der Waals surface area (Å²) in [6.07, 6.45) is 4.87. The zero-order chi connectivity index (χ0) is 17.2. The average molecular weight is 339 g/mol. The van der Waals surface area contributed by atoms with E-state index in [1.807, 2.05) is 13.0 Å². The van der Waals surface area contributed by atoms with E-state index in [1.54, 1.807) is 35.2 Å². The molecule has 24 heavy (non-hydrogen) atoms. The van der Waals surface area contributed by atoms with Gasteiger partial charge in [-0.15, -0.1) is 0 Å². The molecule has 3 rings (SSSR count). The van der Waals surface area contributed by atoms with E-state index in [9.17, 15) is 8.42 Å². The Morgan fingerprint density at radius 3 is 2.67 bits per heavy atom. The Labute approximate surface area is 139 Å². The predicted molar refractivity (Wildman–Crippen MR) is 88.1 cm³/mol. The van der Waals surface area contributed by atoms with Gasteiger partial charge in [0.25, 0.3) is 10.0 Å². The van der Waals surface area contributed by atoms with Gasteiger partial charge in [-0.1, -0.05) is 6.07 Å². The standard InChI is InChI=1S/C16H13N5O2S/c1-12-18-7-8-21(12)16-6-5-14(11-19-16)20-24(22,23)15-4-2-3-13(9-15)10-17/h2-9,11,20H,1H3. The first-order chi connectivity index (χ1) is 11.5. The zero-order valence-electron chi connectivity index (χ0n) is 12.7. The average Bonchev–Trinajstić information content (AvgIpc) is 3.01. The second-order valence-corrected chi connectivity index (χ2v) is 6.68. The van der Waals surface area contributed by atoms with Crippen molar-refractivity contribution in [2.75, 3.05) is 4.72 Å². The highest BCUT2D eigenvalue weighted by Crippen LogP contribution is 2.17. The molecular weight excluding hydrogens is 326 g/mol. The predicted octanol–water partition coefficient (Wildman–Crippen LogP) is 2.25. The minimum Gasteiger partial charge on any atom is -0.288 e. The van der Waals surface area contributed by atoms with E-state index in [4.69, 9.17) is 5.26 Å². The molecule has 2 heterocycles. The van der Waals surface area contributed by atoms with Gasteiger partial charge in [-0.2, -0.15) is 5.26 Å². The van der Waals surface area contributed by atoms with Gasteiger partial charge >= 0.3 is 0 Å². The number of sulfonamides is 1. The number of nitrogens with one attached hydrogen (secondary N) is 1. The summed E-state index contributed by atoms with van der Waals surface area (Å²) in [7, 11) is -3.78. The third kappa shape index (κ3) is 3.11. The Kier molecular flexibility index (Phi) is 4.02. The molecule has 0 aliphatic rings. The van der Waals surface area contributed by atoms with E-state index in [-0.39, 0.29) is 10.5 Å². The van der Waals surface area contributed by atoms with Crippen LogP contribution in [0.5, 0.6) is 0 Å². The third-order valence-electron chi connectivity index (χ3n) is 3.35. The lowest BCUT2D eigenvalue weighted by Crippen LogP contribution is -2.13. The summed E-state index contributed by atoms with van der Waals surface area (Å²) >= 11 is 0. The maximum absolute atomic E-state index is 12.4. The minimum atomic E-state index is -3.78. The van der Waals surface area contributed by atoms with E-state index in [1.165, 1.54) is 24.4 Å². The van der Waals surface area contributed by atoms with Crippen LogP contribution in [-0.2, 0) is 10.0 Å². The van der Waals surface area contributed by atoms with Crippen molar-refractivity contribution >= 4 is 15.7 Å². The van der Waals surface area contributed by atoms with Gasteiger partial charge in [0, 0.05) is 12.4 Å². The number of anilines is 1. The van der Waals surface area contributed by atoms with Crippen LogP contribution in [-0.4, -0.2) is 23.0 Å². The molecule has 0 saturated carbocycles. The molecule has 0 saturated heterocycles. The number of aromatic nitrogens is 3. The molecule has 2 aromatic heterocycles. The molecule has 0 atom stereocenters. The van der Waals surface area contributed by atoms with Gasteiger partial charge in [0.05, 0.1) is 28.4 Å². The molecule has 1 N–H and O–H groups in total. The first-order valence-corrected chi connectivity index (χ1v) is 8.47. The van der Waals surface area contributed by atoms with Crippen LogP contribution in [0.3, 0.4) is 0 Å². The molecule has 1 aromatic carbocycles. The lowest BCUT2D eigenvalue weighted by atomic mass is 10.2. The summed E-state index contributed by atoms with van der Waals surface area (Å²) in [6.45, 7) is 1.85. The lowest BCUT2D eigenvalue weighted by molar-refractivity contribution is 0.601. The van der Waals surface area contributed by atoms with Gasteiger partial charge in [-0.05, 0) is 37.3 Å². The normalized spacial score (nSPS) is 11.0. The number of hydrogen-bond acceptors (Lipinski definition) is 5. The zero-order valence-corrected chi connectivity index (χ0v) is 13.5. The van der Waals surface area contributed by atoms with Crippen LogP contribution < -0.4 is 4.72 Å². The van der Waals surface area contributed by atoms with Crippen LogP contribution in [0, 0.1) is 18.3 Å². The largest absolute Gasteiger partial charge is 0.288 e. The molecule has 0 radical (unpaired) electrons. The number of rotatable bonds is 4. The molecule has 0 bridgehead atoms. The Bertz CT molecular complexity index is 1020. The fourth-order valence-corrected chi connectivity index (χ4v) is 3.24. The van der Waals surface area contributed by atoms with Crippen LogP contribution >= 0.6 is 0 Å². The van der Waals surface area contributed by atoms with Crippen LogP contribution in [0.4, 0.5) is 5.69 Å². The highest BCUT2D eigenvalue weighted by molar-refractivity contribution is 7.92. The molecule has 0 aliphatic heterocycles. The summed E-state index contributed by atoms with van der Waals surface area (Å²) in [4.78, 5) is 8.38. The number of aryl methyl sites for hydroxylation is 1. The van der Waals surface area contributed by atoms with Crippen LogP contribution in [0.1, 0.15) is 11.4 Å². The molecule has 0 aliphatic carbocycles. The smallest absolute Gasteiger partial charge is 0.261 e. The molecule has 0 amide bonds. The maximum Gasteiger partial charge on any atom is 0.261 e. The van der Waals surface area contributed by atoms with Gasteiger partial charge in [0.15, 0.2) is 0 Å². The molecule has 3 aromatic rings. The maximum atomic E-state index is 12.4. The van der Waals surface area contributed by atoms with E-state index in [0.29, 0.717) is 11.5 Å². The van der Waals surface area contributed by atoms with Gasteiger partial charge in [0.1, 0.15) is 11.6 Å². The van der Waals surface area contributed by atoms with Crippen molar-refractivity contribution in [3.05, 3.63) is 66.4 Å². The van der Waals surface area contributed by atoms with Crippen LogP contribution in [0.15, 0.2) is 59.9 Å². The molecule has 0 fully saturated rings. The van der Waals surface area contributed by atoms with Crippen molar-refractivity contribution < 1.29 is 8.42 Å². The highest BCUT2D eigenvalue weighted by atomic mass is 32.2. The number of benzene rings is 1. The van der Waals surface area contributed by atoms with E-state index < -0.39 is 10.0 Å². The van der Waals surface area contributed by atoms with Crippen molar-refractivity contribution in [3.63, 3.8) is 0 Å². The second kappa shape index (κ2) is 6.14. The first-order valence-electron chi connectivity index (χ1n) is 6.99. The van der Waals surface area contributed by atoms with E-state index >= 15 is 0 Å².